The lowest BCUT2D eigenvalue weighted by molar-refractivity contribution is -0.161. The number of aliphatic hydroxyl groups is 2. The van der Waals surface area contributed by atoms with Crippen LogP contribution in [0.25, 0.3) is 0 Å². The maximum Gasteiger partial charge on any atom is 0.472 e. The van der Waals surface area contributed by atoms with E-state index in [-0.39, 0.29) is 19.3 Å². The number of ether oxygens (including phenoxy) is 3. The lowest BCUT2D eigenvalue weighted by Crippen LogP contribution is -2.30. The molecule has 0 spiro atoms. The minimum atomic E-state index is -4.96. The van der Waals surface area contributed by atoms with Crippen molar-refractivity contribution in [3.8, 4) is 0 Å². The van der Waals surface area contributed by atoms with Crippen LogP contribution in [0.2, 0.25) is 0 Å². The van der Waals surface area contributed by atoms with Crippen molar-refractivity contribution in [1.29, 1.82) is 0 Å². The molecule has 0 aliphatic heterocycles. The Bertz CT molecular complexity index is 2600. The third-order valence-electron chi connectivity index (χ3n) is 15.6. The normalized spacial score (nSPS) is 15.0. The summed E-state index contributed by atoms with van der Waals surface area (Å²) in [6, 6.07) is 0. The SMILES string of the molecule is CC/C=C\C/C=C\C/C=C\C/C=C\C/C=C\C/C=C\CCCCCCCCCCCCC(=O)OCC(O)COP(=O)(O)OCC(O)COP(=O)(O)OCC(COC(=O)CCCCCCC/C=C\C/C=C\C/C=C\C/C=C\CCCCC)OC(=O)CCC/C=C\C/C=C\C/C=C\C/C=C\C/C=C\CC. The highest BCUT2D eigenvalue weighted by Gasteiger charge is 2.29. The number of phosphoric acid groups is 2. The zero-order valence-corrected chi connectivity index (χ0v) is 65.5. The van der Waals surface area contributed by atoms with E-state index in [1.54, 1.807) is 0 Å². The second-order valence-corrected chi connectivity index (χ2v) is 28.3. The summed E-state index contributed by atoms with van der Waals surface area (Å²) in [5.74, 6) is -1.68. The van der Waals surface area contributed by atoms with Crippen LogP contribution in [0.15, 0.2) is 182 Å². The maximum absolute atomic E-state index is 12.9. The lowest BCUT2D eigenvalue weighted by Gasteiger charge is -2.21. The fraction of sp³-hybridized carbons (Fsp3) is 0.612. The molecule has 0 aromatic carbocycles. The molecular weight excluding hydrogens is 1340 g/mol. The van der Waals surface area contributed by atoms with E-state index in [4.69, 9.17) is 32.3 Å². The fourth-order valence-corrected chi connectivity index (χ4v) is 11.3. The van der Waals surface area contributed by atoms with Gasteiger partial charge in [0.25, 0.3) is 0 Å². The zero-order chi connectivity index (χ0) is 75.2. The van der Waals surface area contributed by atoms with Crippen molar-refractivity contribution in [2.24, 2.45) is 0 Å². The summed E-state index contributed by atoms with van der Waals surface area (Å²) in [7, 11) is -9.83. The summed E-state index contributed by atoms with van der Waals surface area (Å²) >= 11 is 0. The number of hydrogen-bond acceptors (Lipinski definition) is 14. The highest BCUT2D eigenvalue weighted by molar-refractivity contribution is 7.47. The molecule has 0 aromatic rings. The van der Waals surface area contributed by atoms with Crippen molar-refractivity contribution < 1.29 is 75.8 Å². The van der Waals surface area contributed by atoms with Crippen molar-refractivity contribution in [1.82, 2.24) is 0 Å². The van der Waals surface area contributed by atoms with Crippen LogP contribution >= 0.6 is 15.6 Å². The first-order valence-electron chi connectivity index (χ1n) is 39.1. The molecule has 0 saturated carbocycles. The summed E-state index contributed by atoms with van der Waals surface area (Å²) in [5.41, 5.74) is 0. The van der Waals surface area contributed by atoms with Crippen LogP contribution in [0, 0.1) is 0 Å². The first-order valence-corrected chi connectivity index (χ1v) is 42.1. The standard InChI is InChI=1S/C85H138O16P2/c1-4-7-10-13-16-19-22-25-28-31-33-35-36-37-38-39-40-41-42-44-46-48-50-53-56-59-62-65-68-71-83(88)95-74-80(86)75-97-102(91,92)98-76-81(87)77-99-103(93,94)100-79-82(101-85(90)73-70-67-64-61-58-55-52-47-30-27-24-21-18-15-12-9-6-3)78-96-84(89)72-69-66-63-60-57-54-51-49-45-43-34-32-29-26-23-20-17-14-11-8-5-2/h7,9-10,12,16-21,25-30,33-35,37-38,40-41,43,49,51-52,55,61,64,80-82,86-87H,4-6,8,11,13-15,22-24,31-32,36,39,42,44-48,50,53-54,56-60,62-63,65-79H2,1-3H3,(H,91,92)(H,93,94)/b10-7-,12-9-,19-16-,20-17-,21-18-,28-25-,29-26-,30-27-,35-33-,38-37-,41-40-,43-34-,51-49-,55-52-,64-61-. The molecule has 0 rings (SSSR count). The van der Waals surface area contributed by atoms with Gasteiger partial charge in [-0.15, -0.1) is 0 Å². The topological polar surface area (TPSA) is 231 Å². The number of carbonyl (C=O) groups is 3. The van der Waals surface area contributed by atoms with Gasteiger partial charge >= 0.3 is 33.6 Å². The van der Waals surface area contributed by atoms with E-state index < -0.39 is 91.5 Å². The molecule has 4 N–H and O–H groups in total. The second-order valence-electron chi connectivity index (χ2n) is 25.4. The predicted octanol–water partition coefficient (Wildman–Crippen LogP) is 23.0. The zero-order valence-electron chi connectivity index (χ0n) is 63.7. The van der Waals surface area contributed by atoms with Crippen molar-refractivity contribution in [2.75, 3.05) is 39.6 Å². The molecule has 18 heteroatoms. The maximum atomic E-state index is 12.9. The summed E-state index contributed by atoms with van der Waals surface area (Å²) in [5, 5.41) is 20.6. The molecule has 5 unspecified atom stereocenters. The Labute approximate surface area is 624 Å². The number of rotatable bonds is 72. The van der Waals surface area contributed by atoms with Crippen LogP contribution in [0.1, 0.15) is 278 Å². The molecule has 0 fully saturated rings. The number of carbonyl (C=O) groups excluding carboxylic acids is 3. The van der Waals surface area contributed by atoms with Crippen LogP contribution in [0.4, 0.5) is 0 Å². The van der Waals surface area contributed by atoms with Crippen LogP contribution < -0.4 is 0 Å². The van der Waals surface area contributed by atoms with Crippen LogP contribution in [0.3, 0.4) is 0 Å². The molecule has 584 valence electrons. The Kier molecular flexibility index (Phi) is 72.3. The highest BCUT2D eigenvalue weighted by Crippen LogP contribution is 2.45. The Morgan fingerprint density at radius 3 is 0.845 bits per heavy atom. The minimum absolute atomic E-state index is 0.0152. The molecule has 0 amide bonds. The smallest absolute Gasteiger partial charge is 0.463 e. The molecule has 0 aromatic heterocycles. The van der Waals surface area contributed by atoms with Gasteiger partial charge in [-0.05, 0) is 154 Å². The van der Waals surface area contributed by atoms with Crippen LogP contribution in [0.5, 0.6) is 0 Å². The number of esters is 3. The van der Waals surface area contributed by atoms with E-state index in [1.807, 2.05) is 12.2 Å². The number of allylic oxidation sites excluding steroid dienone is 30. The summed E-state index contributed by atoms with van der Waals surface area (Å²) in [4.78, 5) is 58.6. The molecule has 16 nitrogen and oxygen atoms in total. The van der Waals surface area contributed by atoms with Gasteiger partial charge in [0.2, 0.25) is 0 Å². The van der Waals surface area contributed by atoms with Gasteiger partial charge in [0.05, 0.1) is 26.4 Å². The number of aliphatic hydroxyl groups excluding tert-OH is 2. The van der Waals surface area contributed by atoms with Gasteiger partial charge < -0.3 is 34.2 Å². The van der Waals surface area contributed by atoms with E-state index in [2.05, 4.69) is 191 Å². The minimum Gasteiger partial charge on any atom is -0.463 e. The van der Waals surface area contributed by atoms with Crippen molar-refractivity contribution in [3.05, 3.63) is 182 Å². The molecule has 103 heavy (non-hydrogen) atoms. The summed E-state index contributed by atoms with van der Waals surface area (Å²) in [6.45, 7) is 2.31. The van der Waals surface area contributed by atoms with Crippen LogP contribution in [-0.4, -0.2) is 95.9 Å². The van der Waals surface area contributed by atoms with E-state index in [0.717, 1.165) is 161 Å². The van der Waals surface area contributed by atoms with Gasteiger partial charge in [-0.25, -0.2) is 9.13 Å². The van der Waals surface area contributed by atoms with E-state index >= 15 is 0 Å². The Hall–Kier alpha value is -5.35. The lowest BCUT2D eigenvalue weighted by atomic mass is 10.1. The summed E-state index contributed by atoms with van der Waals surface area (Å²) in [6.07, 6.45) is 98.0. The van der Waals surface area contributed by atoms with Crippen LogP contribution in [-0.2, 0) is 55.8 Å². The van der Waals surface area contributed by atoms with Gasteiger partial charge in [0, 0.05) is 19.3 Å². The van der Waals surface area contributed by atoms with Gasteiger partial charge in [-0.2, -0.15) is 0 Å². The van der Waals surface area contributed by atoms with Gasteiger partial charge in [-0.1, -0.05) is 287 Å². The highest BCUT2D eigenvalue weighted by atomic mass is 31.2. The number of unbranched alkanes of at least 4 members (excludes halogenated alkanes) is 19. The molecular formula is C85H138O16P2. The third-order valence-corrected chi connectivity index (χ3v) is 17.5. The van der Waals surface area contributed by atoms with Gasteiger partial charge in [-0.3, -0.25) is 32.5 Å². The molecule has 5 atom stereocenters. The van der Waals surface area contributed by atoms with Gasteiger partial charge in [0.15, 0.2) is 6.10 Å². The van der Waals surface area contributed by atoms with E-state index in [1.165, 1.54) is 51.4 Å². The molecule has 0 radical (unpaired) electrons. The number of hydrogen-bond donors (Lipinski definition) is 4. The fourth-order valence-electron chi connectivity index (χ4n) is 9.71. The van der Waals surface area contributed by atoms with E-state index in [9.17, 15) is 43.5 Å². The predicted molar refractivity (Wildman–Crippen MR) is 426 cm³/mol. The molecule has 0 heterocycles. The Morgan fingerprint density at radius 1 is 0.282 bits per heavy atom. The second kappa shape index (κ2) is 76.3. The molecule has 0 bridgehead atoms. The monoisotopic (exact) mass is 1480 g/mol. The van der Waals surface area contributed by atoms with Crippen molar-refractivity contribution in [3.63, 3.8) is 0 Å². The average molecular weight is 1480 g/mol. The molecule has 0 saturated heterocycles. The molecule has 0 aliphatic carbocycles. The molecule has 0 aliphatic rings. The van der Waals surface area contributed by atoms with Crippen molar-refractivity contribution in [2.45, 2.75) is 296 Å². The quantitative estimate of drug-likeness (QED) is 0.0146. The third kappa shape index (κ3) is 77.6. The summed E-state index contributed by atoms with van der Waals surface area (Å²) < 4.78 is 61.0. The first-order chi connectivity index (χ1) is 50.2. The first kappa shape index (κ1) is 97.7. The number of phosphoric ester groups is 2. The van der Waals surface area contributed by atoms with E-state index in [0.29, 0.717) is 25.7 Å². The van der Waals surface area contributed by atoms with Gasteiger partial charge in [0.1, 0.15) is 25.4 Å². The van der Waals surface area contributed by atoms with Crippen molar-refractivity contribution >= 4 is 33.6 Å². The Balaban J connectivity index is 4.65. The largest absolute Gasteiger partial charge is 0.472 e. The Morgan fingerprint density at radius 2 is 0.524 bits per heavy atom. The average Bonchev–Trinajstić information content (AvgIpc) is 0.914.